The average Bonchev–Trinajstić information content (AvgIpc) is 1.99. The van der Waals surface area contributed by atoms with Crippen LogP contribution in [0.4, 0.5) is 0 Å². The van der Waals surface area contributed by atoms with Crippen molar-refractivity contribution in [2.45, 2.75) is 38.6 Å². The Hall–Kier alpha value is -0.280. The third-order valence-electron chi connectivity index (χ3n) is 3.01. The van der Waals surface area contributed by atoms with Crippen LogP contribution in [0.3, 0.4) is 0 Å². The number of esters is 1. The number of hydrogen-bond acceptors (Lipinski definition) is 3. The molecule has 1 aliphatic rings. The summed E-state index contributed by atoms with van der Waals surface area (Å²) in [6.07, 6.45) is 3.88. The highest BCUT2D eigenvalue weighted by atomic mass is 35.5. The number of halogens is 1. The van der Waals surface area contributed by atoms with Crippen molar-refractivity contribution in [3.8, 4) is 0 Å². The second-order valence-corrected chi connectivity index (χ2v) is 3.89. The zero-order valence-electron chi connectivity index (χ0n) is 8.21. The fourth-order valence-electron chi connectivity index (χ4n) is 1.61. The maximum Gasteiger partial charge on any atom is 0.307 e. The molecule has 0 amide bonds. The van der Waals surface area contributed by atoms with Gasteiger partial charge in [0, 0.05) is 6.04 Å². The molecule has 13 heavy (non-hydrogen) atoms. The maximum absolute atomic E-state index is 10.9. The first-order valence-electron chi connectivity index (χ1n) is 4.41. The van der Waals surface area contributed by atoms with Gasteiger partial charge < -0.3 is 10.5 Å². The molecule has 2 N–H and O–H groups in total. The van der Waals surface area contributed by atoms with Gasteiger partial charge in [-0.25, -0.2) is 0 Å². The molecular weight excluding hydrogens is 190 g/mol. The van der Waals surface area contributed by atoms with Gasteiger partial charge in [-0.05, 0) is 18.3 Å². The number of ether oxygens (including phenoxy) is 1. The molecule has 0 aromatic rings. The van der Waals surface area contributed by atoms with Gasteiger partial charge in [-0.3, -0.25) is 4.79 Å². The molecule has 0 heterocycles. The average molecular weight is 208 g/mol. The zero-order valence-corrected chi connectivity index (χ0v) is 9.02. The molecule has 1 aliphatic carbocycles. The highest BCUT2D eigenvalue weighted by Crippen LogP contribution is 2.43. The normalized spacial score (nSPS) is 20.8. The monoisotopic (exact) mass is 207 g/mol. The Morgan fingerprint density at radius 1 is 1.62 bits per heavy atom. The molecule has 1 fully saturated rings. The minimum absolute atomic E-state index is 0. The van der Waals surface area contributed by atoms with Crippen LogP contribution in [0.15, 0.2) is 0 Å². The molecule has 1 atom stereocenters. The molecule has 0 bridgehead atoms. The maximum atomic E-state index is 10.9. The van der Waals surface area contributed by atoms with Gasteiger partial charge >= 0.3 is 5.97 Å². The van der Waals surface area contributed by atoms with E-state index in [9.17, 15) is 4.79 Å². The summed E-state index contributed by atoms with van der Waals surface area (Å²) in [6, 6.07) is -0.0290. The van der Waals surface area contributed by atoms with Gasteiger partial charge in [0.1, 0.15) is 0 Å². The summed E-state index contributed by atoms with van der Waals surface area (Å²) < 4.78 is 4.57. The van der Waals surface area contributed by atoms with Gasteiger partial charge in [0.05, 0.1) is 13.5 Å². The smallest absolute Gasteiger partial charge is 0.307 e. The van der Waals surface area contributed by atoms with Crippen molar-refractivity contribution >= 4 is 18.4 Å². The second kappa shape index (κ2) is 4.82. The first-order chi connectivity index (χ1) is 5.58. The van der Waals surface area contributed by atoms with Gasteiger partial charge in [-0.1, -0.05) is 13.3 Å². The van der Waals surface area contributed by atoms with Crippen LogP contribution in [0.2, 0.25) is 0 Å². The van der Waals surface area contributed by atoms with E-state index in [-0.39, 0.29) is 29.8 Å². The standard InChI is InChI=1S/C9H17NO2.ClH/c1-9(4-3-5-9)7(10)6-8(11)12-2;/h7H,3-6,10H2,1-2H3;1H. The van der Waals surface area contributed by atoms with E-state index < -0.39 is 0 Å². The first-order valence-corrected chi connectivity index (χ1v) is 4.41. The third kappa shape index (κ3) is 2.85. The molecule has 4 heteroatoms. The van der Waals surface area contributed by atoms with E-state index in [0.717, 1.165) is 12.8 Å². The summed E-state index contributed by atoms with van der Waals surface area (Å²) in [5, 5.41) is 0. The van der Waals surface area contributed by atoms with Gasteiger partial charge in [0.2, 0.25) is 0 Å². The quantitative estimate of drug-likeness (QED) is 0.714. The highest BCUT2D eigenvalue weighted by molar-refractivity contribution is 5.85. The lowest BCUT2D eigenvalue weighted by Gasteiger charge is -2.42. The molecule has 0 radical (unpaired) electrons. The minimum Gasteiger partial charge on any atom is -0.469 e. The molecule has 0 aromatic heterocycles. The summed E-state index contributed by atoms with van der Waals surface area (Å²) in [5.41, 5.74) is 6.08. The highest BCUT2D eigenvalue weighted by Gasteiger charge is 2.38. The Labute approximate surface area is 85.4 Å². The van der Waals surface area contributed by atoms with Crippen molar-refractivity contribution in [2.24, 2.45) is 11.1 Å². The Kier molecular flexibility index (Phi) is 4.71. The first kappa shape index (κ1) is 12.7. The van der Waals surface area contributed by atoms with Crippen LogP contribution in [-0.4, -0.2) is 19.1 Å². The van der Waals surface area contributed by atoms with Crippen LogP contribution < -0.4 is 5.73 Å². The molecule has 3 nitrogen and oxygen atoms in total. The van der Waals surface area contributed by atoms with Crippen LogP contribution in [0, 0.1) is 5.41 Å². The van der Waals surface area contributed by atoms with Crippen molar-refractivity contribution in [1.29, 1.82) is 0 Å². The lowest BCUT2D eigenvalue weighted by molar-refractivity contribution is -0.142. The number of nitrogens with two attached hydrogens (primary N) is 1. The van der Waals surface area contributed by atoms with Crippen molar-refractivity contribution in [2.75, 3.05) is 7.11 Å². The van der Waals surface area contributed by atoms with E-state index in [0.29, 0.717) is 6.42 Å². The Morgan fingerprint density at radius 3 is 2.46 bits per heavy atom. The Bertz CT molecular complexity index is 180. The lowest BCUT2D eigenvalue weighted by Crippen LogP contribution is -2.45. The van der Waals surface area contributed by atoms with Crippen LogP contribution in [0.5, 0.6) is 0 Å². The minimum atomic E-state index is -0.198. The van der Waals surface area contributed by atoms with Gasteiger partial charge in [0.15, 0.2) is 0 Å². The van der Waals surface area contributed by atoms with Crippen molar-refractivity contribution in [3.05, 3.63) is 0 Å². The molecule has 0 aromatic carbocycles. The van der Waals surface area contributed by atoms with E-state index in [1.54, 1.807) is 0 Å². The van der Waals surface area contributed by atoms with E-state index in [4.69, 9.17) is 5.73 Å². The van der Waals surface area contributed by atoms with E-state index in [1.807, 2.05) is 0 Å². The van der Waals surface area contributed by atoms with Crippen LogP contribution in [-0.2, 0) is 9.53 Å². The van der Waals surface area contributed by atoms with Crippen LogP contribution in [0.25, 0.3) is 0 Å². The van der Waals surface area contributed by atoms with E-state index in [1.165, 1.54) is 13.5 Å². The molecule has 1 saturated carbocycles. The van der Waals surface area contributed by atoms with E-state index in [2.05, 4.69) is 11.7 Å². The fourth-order valence-corrected chi connectivity index (χ4v) is 1.61. The largest absolute Gasteiger partial charge is 0.469 e. The van der Waals surface area contributed by atoms with Crippen LogP contribution >= 0.6 is 12.4 Å². The van der Waals surface area contributed by atoms with Crippen molar-refractivity contribution in [1.82, 2.24) is 0 Å². The molecule has 0 spiro atoms. The number of methoxy groups -OCH3 is 1. The van der Waals surface area contributed by atoms with Crippen molar-refractivity contribution in [3.63, 3.8) is 0 Å². The molecule has 78 valence electrons. The topological polar surface area (TPSA) is 52.3 Å². The molecule has 1 unspecified atom stereocenters. The molecule has 0 saturated heterocycles. The van der Waals surface area contributed by atoms with Gasteiger partial charge in [-0.2, -0.15) is 0 Å². The number of carbonyl (C=O) groups excluding carboxylic acids is 1. The van der Waals surface area contributed by atoms with Crippen molar-refractivity contribution < 1.29 is 9.53 Å². The fraction of sp³-hybridized carbons (Fsp3) is 0.889. The predicted molar refractivity (Wildman–Crippen MR) is 53.8 cm³/mol. The number of rotatable bonds is 3. The summed E-state index contributed by atoms with van der Waals surface area (Å²) in [7, 11) is 1.40. The lowest BCUT2D eigenvalue weighted by atomic mass is 9.65. The summed E-state index contributed by atoms with van der Waals surface area (Å²) in [5.74, 6) is -0.198. The van der Waals surface area contributed by atoms with E-state index >= 15 is 0 Å². The summed E-state index contributed by atoms with van der Waals surface area (Å²) in [6.45, 7) is 2.14. The van der Waals surface area contributed by atoms with Gasteiger partial charge in [0.25, 0.3) is 0 Å². The third-order valence-corrected chi connectivity index (χ3v) is 3.01. The Morgan fingerprint density at radius 2 is 2.15 bits per heavy atom. The predicted octanol–water partition coefficient (Wildman–Crippen LogP) is 1.49. The summed E-state index contributed by atoms with van der Waals surface area (Å²) in [4.78, 5) is 10.9. The molecule has 1 rings (SSSR count). The van der Waals surface area contributed by atoms with Crippen LogP contribution in [0.1, 0.15) is 32.6 Å². The number of carbonyl (C=O) groups is 1. The SMILES string of the molecule is COC(=O)CC(N)C1(C)CCC1.Cl. The molecule has 0 aliphatic heterocycles. The number of hydrogen-bond donors (Lipinski definition) is 1. The molecular formula is C9H18ClNO2. The summed E-state index contributed by atoms with van der Waals surface area (Å²) >= 11 is 0. The van der Waals surface area contributed by atoms with Gasteiger partial charge in [-0.15, -0.1) is 12.4 Å². The zero-order chi connectivity index (χ0) is 9.19. The second-order valence-electron chi connectivity index (χ2n) is 3.89. The Balaban J connectivity index is 0.00000144.